The summed E-state index contributed by atoms with van der Waals surface area (Å²) in [4.78, 5) is 23.1. The van der Waals surface area contributed by atoms with Crippen LogP contribution < -0.4 is 9.47 Å². The molecule has 0 N–H and O–H groups in total. The molecule has 118 valence electrons. The second-order valence-corrected chi connectivity index (χ2v) is 6.08. The van der Waals surface area contributed by atoms with Gasteiger partial charge in [-0.15, -0.1) is 0 Å². The van der Waals surface area contributed by atoms with Crippen LogP contribution in [0, 0.1) is 16.0 Å². The van der Waals surface area contributed by atoms with E-state index in [2.05, 4.69) is 0 Å². The Labute approximate surface area is 132 Å². The van der Waals surface area contributed by atoms with E-state index in [0.717, 1.165) is 11.1 Å². The zero-order valence-corrected chi connectivity index (χ0v) is 12.6. The van der Waals surface area contributed by atoms with Crippen molar-refractivity contribution in [1.82, 2.24) is 0 Å². The molecule has 1 heterocycles. The Morgan fingerprint density at radius 3 is 3.00 bits per heavy atom. The van der Waals surface area contributed by atoms with Crippen molar-refractivity contribution in [3.63, 3.8) is 0 Å². The Morgan fingerprint density at radius 2 is 2.26 bits per heavy atom. The van der Waals surface area contributed by atoms with Gasteiger partial charge in [0.15, 0.2) is 17.3 Å². The SMILES string of the molecule is COc1ccc2c3c1OCC[C@@]31C=CC(=O)CC1C([N+](=O)[O-])=C2. The lowest BCUT2D eigenvalue weighted by atomic mass is 9.58. The van der Waals surface area contributed by atoms with Gasteiger partial charge >= 0.3 is 0 Å². The molecule has 1 spiro atoms. The fourth-order valence-corrected chi connectivity index (χ4v) is 4.06. The normalized spacial score (nSPS) is 27.4. The van der Waals surface area contributed by atoms with Gasteiger partial charge in [0.05, 0.1) is 24.6 Å². The minimum Gasteiger partial charge on any atom is -0.493 e. The van der Waals surface area contributed by atoms with Gasteiger partial charge in [0.2, 0.25) is 0 Å². The number of hydrogen-bond donors (Lipinski definition) is 0. The van der Waals surface area contributed by atoms with Gasteiger partial charge in [-0.1, -0.05) is 12.1 Å². The maximum absolute atomic E-state index is 11.9. The monoisotopic (exact) mass is 313 g/mol. The first-order valence-corrected chi connectivity index (χ1v) is 7.49. The molecule has 1 unspecified atom stereocenters. The predicted molar refractivity (Wildman–Crippen MR) is 82.0 cm³/mol. The third-order valence-electron chi connectivity index (χ3n) is 5.07. The van der Waals surface area contributed by atoms with Crippen LogP contribution >= 0.6 is 0 Å². The quantitative estimate of drug-likeness (QED) is 0.619. The number of allylic oxidation sites excluding steroid dienone is 3. The highest BCUT2D eigenvalue weighted by molar-refractivity contribution is 5.92. The number of hydrogen-bond acceptors (Lipinski definition) is 5. The van der Waals surface area contributed by atoms with Crippen LogP contribution in [-0.2, 0) is 10.2 Å². The van der Waals surface area contributed by atoms with Gasteiger partial charge in [0.1, 0.15) is 0 Å². The maximum Gasteiger partial charge on any atom is 0.251 e. The molecule has 2 atom stereocenters. The Morgan fingerprint density at radius 1 is 1.43 bits per heavy atom. The molecule has 1 aromatic carbocycles. The number of rotatable bonds is 2. The number of carbonyl (C=O) groups is 1. The van der Waals surface area contributed by atoms with Gasteiger partial charge in [-0.05, 0) is 24.1 Å². The Kier molecular flexibility index (Phi) is 2.85. The van der Waals surface area contributed by atoms with E-state index in [1.165, 1.54) is 0 Å². The third-order valence-corrected chi connectivity index (χ3v) is 5.07. The molecule has 0 radical (unpaired) electrons. The van der Waals surface area contributed by atoms with Crippen LogP contribution in [0.25, 0.3) is 6.08 Å². The van der Waals surface area contributed by atoms with Gasteiger partial charge in [0.25, 0.3) is 5.70 Å². The van der Waals surface area contributed by atoms with Crippen molar-refractivity contribution in [2.75, 3.05) is 13.7 Å². The molecule has 0 fully saturated rings. The zero-order valence-electron chi connectivity index (χ0n) is 12.6. The Balaban J connectivity index is 2.06. The molecule has 23 heavy (non-hydrogen) atoms. The molecular formula is C17H15NO5. The molecular weight excluding hydrogens is 298 g/mol. The summed E-state index contributed by atoms with van der Waals surface area (Å²) < 4.78 is 11.2. The number of methoxy groups -OCH3 is 1. The molecule has 0 saturated heterocycles. The number of ketones is 1. The fraction of sp³-hybridized carbons (Fsp3) is 0.353. The standard InChI is InChI=1S/C17H15NO5/c1-22-14-3-2-10-8-13(18(20)21)12-9-11(19)4-5-17(12)6-7-23-16(14)15(10)17/h2-5,8,12H,6-7,9H2,1H3/t12?,17-/m1/s1. The molecule has 0 bridgehead atoms. The van der Waals surface area contributed by atoms with E-state index in [-0.39, 0.29) is 22.8 Å². The molecule has 6 heteroatoms. The molecule has 1 aliphatic heterocycles. The first-order valence-electron chi connectivity index (χ1n) is 7.49. The predicted octanol–water partition coefficient (Wildman–Crippen LogP) is 2.49. The van der Waals surface area contributed by atoms with E-state index in [4.69, 9.17) is 9.47 Å². The molecule has 6 nitrogen and oxygen atoms in total. The molecule has 1 aromatic rings. The lowest BCUT2D eigenvalue weighted by molar-refractivity contribution is -0.434. The summed E-state index contributed by atoms with van der Waals surface area (Å²) in [5.74, 6) is 0.716. The minimum absolute atomic E-state index is 0.0761. The van der Waals surface area contributed by atoms with E-state index in [1.807, 2.05) is 12.1 Å². The van der Waals surface area contributed by atoms with Gasteiger partial charge < -0.3 is 9.47 Å². The van der Waals surface area contributed by atoms with Crippen molar-refractivity contribution in [3.05, 3.63) is 51.2 Å². The second-order valence-electron chi connectivity index (χ2n) is 6.08. The molecule has 0 aromatic heterocycles. The lowest BCUT2D eigenvalue weighted by Gasteiger charge is -2.45. The average Bonchev–Trinajstić information content (AvgIpc) is 2.55. The van der Waals surface area contributed by atoms with Crippen molar-refractivity contribution in [2.24, 2.45) is 5.92 Å². The number of benzene rings is 1. The van der Waals surface area contributed by atoms with Crippen LogP contribution in [0.1, 0.15) is 24.0 Å². The smallest absolute Gasteiger partial charge is 0.251 e. The Hall–Kier alpha value is -2.63. The summed E-state index contributed by atoms with van der Waals surface area (Å²) in [5.41, 5.74) is 1.21. The van der Waals surface area contributed by atoms with Crippen molar-refractivity contribution < 1.29 is 19.2 Å². The number of carbonyl (C=O) groups excluding carboxylic acids is 1. The average molecular weight is 313 g/mol. The highest BCUT2D eigenvalue weighted by atomic mass is 16.6. The van der Waals surface area contributed by atoms with Crippen LogP contribution in [0.4, 0.5) is 0 Å². The molecule has 0 amide bonds. The van der Waals surface area contributed by atoms with E-state index >= 15 is 0 Å². The first kappa shape index (κ1) is 14.0. The number of nitrogens with zero attached hydrogens (tertiary/aromatic N) is 1. The van der Waals surface area contributed by atoms with Crippen LogP contribution in [0.3, 0.4) is 0 Å². The van der Waals surface area contributed by atoms with Crippen molar-refractivity contribution in [2.45, 2.75) is 18.3 Å². The lowest BCUT2D eigenvalue weighted by Crippen LogP contribution is -2.45. The van der Waals surface area contributed by atoms with E-state index < -0.39 is 11.3 Å². The van der Waals surface area contributed by atoms with Gasteiger partial charge in [0, 0.05) is 23.5 Å². The van der Waals surface area contributed by atoms with Gasteiger partial charge in [-0.3, -0.25) is 14.9 Å². The largest absolute Gasteiger partial charge is 0.493 e. The zero-order chi connectivity index (χ0) is 16.2. The van der Waals surface area contributed by atoms with E-state index in [1.54, 1.807) is 25.3 Å². The summed E-state index contributed by atoms with van der Waals surface area (Å²) in [7, 11) is 1.57. The summed E-state index contributed by atoms with van der Waals surface area (Å²) in [6.45, 7) is 0.437. The third kappa shape index (κ3) is 1.78. The van der Waals surface area contributed by atoms with E-state index in [9.17, 15) is 14.9 Å². The number of ether oxygens (including phenoxy) is 2. The summed E-state index contributed by atoms with van der Waals surface area (Å²) in [6.07, 6.45) is 5.73. The summed E-state index contributed by atoms with van der Waals surface area (Å²) in [6, 6.07) is 3.58. The Bertz CT molecular complexity index is 794. The summed E-state index contributed by atoms with van der Waals surface area (Å²) in [5, 5.41) is 11.6. The second kappa shape index (κ2) is 4.68. The first-order chi connectivity index (χ1) is 11.1. The van der Waals surface area contributed by atoms with Crippen LogP contribution in [0.5, 0.6) is 11.5 Å². The van der Waals surface area contributed by atoms with Gasteiger partial charge in [-0.25, -0.2) is 0 Å². The highest BCUT2D eigenvalue weighted by Gasteiger charge is 2.54. The van der Waals surface area contributed by atoms with Gasteiger partial charge in [-0.2, -0.15) is 0 Å². The maximum atomic E-state index is 11.9. The van der Waals surface area contributed by atoms with Crippen LogP contribution in [-0.4, -0.2) is 24.4 Å². The fourth-order valence-electron chi connectivity index (χ4n) is 4.06. The molecule has 4 rings (SSSR count). The topological polar surface area (TPSA) is 78.7 Å². The van der Waals surface area contributed by atoms with Crippen LogP contribution in [0.2, 0.25) is 0 Å². The molecule has 0 saturated carbocycles. The van der Waals surface area contributed by atoms with Crippen LogP contribution in [0.15, 0.2) is 30.0 Å². The minimum atomic E-state index is -0.567. The molecule has 3 aliphatic rings. The summed E-state index contributed by atoms with van der Waals surface area (Å²) >= 11 is 0. The highest BCUT2D eigenvalue weighted by Crippen LogP contribution is 2.57. The van der Waals surface area contributed by atoms with Crippen molar-refractivity contribution in [1.29, 1.82) is 0 Å². The van der Waals surface area contributed by atoms with Crippen molar-refractivity contribution >= 4 is 11.9 Å². The van der Waals surface area contributed by atoms with E-state index in [0.29, 0.717) is 24.5 Å². The number of nitro groups is 1. The molecule has 2 aliphatic carbocycles. The van der Waals surface area contributed by atoms with Crippen molar-refractivity contribution in [3.8, 4) is 11.5 Å².